The molecule has 1 N–H and O–H groups in total. The van der Waals surface area contributed by atoms with Crippen LogP contribution >= 0.6 is 11.7 Å². The van der Waals surface area contributed by atoms with Crippen molar-refractivity contribution in [2.75, 3.05) is 18.0 Å². The Balaban J connectivity index is 1.42. The molecule has 0 bridgehead atoms. The Labute approximate surface area is 149 Å². The van der Waals surface area contributed by atoms with Gasteiger partial charge in [-0.15, -0.1) is 0 Å². The van der Waals surface area contributed by atoms with E-state index in [1.807, 2.05) is 12.1 Å². The molecule has 3 aromatic rings. The number of piperidine rings is 1. The zero-order valence-electron chi connectivity index (χ0n) is 13.7. The van der Waals surface area contributed by atoms with Crippen LogP contribution in [0.3, 0.4) is 0 Å². The van der Waals surface area contributed by atoms with Gasteiger partial charge in [-0.05, 0) is 43.5 Å². The maximum absolute atomic E-state index is 12.4. The van der Waals surface area contributed by atoms with Crippen molar-refractivity contribution < 1.29 is 4.79 Å². The molecule has 1 saturated heterocycles. The molecule has 0 saturated carbocycles. The van der Waals surface area contributed by atoms with Crippen molar-refractivity contribution in [3.05, 3.63) is 41.7 Å². The van der Waals surface area contributed by atoms with Crippen molar-refractivity contribution in [1.82, 2.24) is 24.0 Å². The van der Waals surface area contributed by atoms with Crippen LogP contribution in [0.4, 0.5) is 5.95 Å². The van der Waals surface area contributed by atoms with Gasteiger partial charge in [0, 0.05) is 24.8 Å². The Bertz CT molecular complexity index is 889. The summed E-state index contributed by atoms with van der Waals surface area (Å²) >= 11 is 1.15. The lowest BCUT2D eigenvalue weighted by Gasteiger charge is -2.26. The highest BCUT2D eigenvalue weighted by Gasteiger charge is 2.14. The quantitative estimate of drug-likeness (QED) is 0.774. The fourth-order valence-electron chi connectivity index (χ4n) is 2.93. The standard InChI is InChI=1S/C17H18N6OS/c24-16(12-4-5-14-15(10-12)22-25-21-14)19-11-13-6-7-18-17(20-13)23-8-2-1-3-9-23/h4-7,10H,1-3,8-9,11H2,(H,19,24). The van der Waals surface area contributed by atoms with E-state index in [0.717, 1.165) is 47.5 Å². The van der Waals surface area contributed by atoms with Gasteiger partial charge in [0.05, 0.1) is 24.0 Å². The van der Waals surface area contributed by atoms with Crippen LogP contribution < -0.4 is 10.2 Å². The van der Waals surface area contributed by atoms with Gasteiger partial charge in [-0.2, -0.15) is 8.75 Å². The third kappa shape index (κ3) is 3.58. The number of fused-ring (bicyclic) bond motifs is 1. The first-order valence-corrected chi connectivity index (χ1v) is 9.10. The van der Waals surface area contributed by atoms with Gasteiger partial charge in [0.15, 0.2) is 0 Å². The molecule has 4 rings (SSSR count). The number of benzene rings is 1. The summed E-state index contributed by atoms with van der Waals surface area (Å²) in [5.41, 5.74) is 2.93. The number of nitrogens with zero attached hydrogens (tertiary/aromatic N) is 5. The topological polar surface area (TPSA) is 83.9 Å². The normalized spacial score (nSPS) is 14.6. The van der Waals surface area contributed by atoms with E-state index in [0.29, 0.717) is 12.1 Å². The summed E-state index contributed by atoms with van der Waals surface area (Å²) in [6.45, 7) is 2.37. The van der Waals surface area contributed by atoms with Crippen LogP contribution in [0, 0.1) is 0 Å². The molecule has 0 aliphatic carbocycles. The van der Waals surface area contributed by atoms with Gasteiger partial charge < -0.3 is 10.2 Å². The molecule has 0 atom stereocenters. The van der Waals surface area contributed by atoms with Crippen LogP contribution in [0.25, 0.3) is 11.0 Å². The molecule has 128 valence electrons. The van der Waals surface area contributed by atoms with Crippen molar-refractivity contribution >= 4 is 34.6 Å². The summed E-state index contributed by atoms with van der Waals surface area (Å²) in [6, 6.07) is 7.17. The molecule has 3 heterocycles. The number of rotatable bonds is 4. The molecule has 1 aliphatic rings. The van der Waals surface area contributed by atoms with Crippen molar-refractivity contribution in [2.45, 2.75) is 25.8 Å². The third-order valence-electron chi connectivity index (χ3n) is 4.29. The lowest BCUT2D eigenvalue weighted by molar-refractivity contribution is 0.0950. The van der Waals surface area contributed by atoms with E-state index in [-0.39, 0.29) is 5.91 Å². The van der Waals surface area contributed by atoms with Crippen molar-refractivity contribution in [3.63, 3.8) is 0 Å². The molecule has 1 amide bonds. The maximum atomic E-state index is 12.4. The zero-order valence-corrected chi connectivity index (χ0v) is 14.5. The lowest BCUT2D eigenvalue weighted by Crippen LogP contribution is -2.31. The number of nitrogens with one attached hydrogen (secondary N) is 1. The molecule has 1 aromatic carbocycles. The van der Waals surface area contributed by atoms with Crippen molar-refractivity contribution in [2.24, 2.45) is 0 Å². The highest BCUT2D eigenvalue weighted by atomic mass is 32.1. The molecule has 8 heteroatoms. The SMILES string of the molecule is O=C(NCc1ccnc(N2CCCCC2)n1)c1ccc2nsnc2c1. The van der Waals surface area contributed by atoms with Crippen molar-refractivity contribution in [3.8, 4) is 0 Å². The number of hydrogen-bond acceptors (Lipinski definition) is 7. The number of anilines is 1. The summed E-state index contributed by atoms with van der Waals surface area (Å²) < 4.78 is 8.31. The summed E-state index contributed by atoms with van der Waals surface area (Å²) in [5.74, 6) is 0.606. The molecular weight excluding hydrogens is 336 g/mol. The lowest BCUT2D eigenvalue weighted by atomic mass is 10.1. The van der Waals surface area contributed by atoms with Gasteiger partial charge in [0.2, 0.25) is 5.95 Å². The minimum Gasteiger partial charge on any atom is -0.346 e. The first kappa shape index (κ1) is 15.9. The predicted molar refractivity (Wildman–Crippen MR) is 96.7 cm³/mol. The van der Waals surface area contributed by atoms with Crippen LogP contribution in [0.5, 0.6) is 0 Å². The first-order valence-electron chi connectivity index (χ1n) is 8.37. The molecule has 1 fully saturated rings. The molecule has 25 heavy (non-hydrogen) atoms. The van der Waals surface area contributed by atoms with Gasteiger partial charge in [0.1, 0.15) is 11.0 Å². The minimum absolute atomic E-state index is 0.145. The molecule has 0 radical (unpaired) electrons. The highest BCUT2D eigenvalue weighted by Crippen LogP contribution is 2.16. The van der Waals surface area contributed by atoms with Gasteiger partial charge >= 0.3 is 0 Å². The molecule has 1 aliphatic heterocycles. The van der Waals surface area contributed by atoms with Crippen LogP contribution in [-0.2, 0) is 6.54 Å². The summed E-state index contributed by atoms with van der Waals surface area (Å²) in [5, 5.41) is 2.91. The first-order chi connectivity index (χ1) is 12.3. The maximum Gasteiger partial charge on any atom is 0.251 e. The van der Waals surface area contributed by atoms with Crippen LogP contribution in [0.15, 0.2) is 30.5 Å². The number of carbonyl (C=O) groups is 1. The smallest absolute Gasteiger partial charge is 0.251 e. The number of amides is 1. The second kappa shape index (κ2) is 7.10. The monoisotopic (exact) mass is 354 g/mol. The van der Waals surface area contributed by atoms with E-state index in [4.69, 9.17) is 0 Å². The Kier molecular flexibility index (Phi) is 4.51. The van der Waals surface area contributed by atoms with Gasteiger partial charge in [-0.3, -0.25) is 4.79 Å². The Morgan fingerprint density at radius 3 is 2.84 bits per heavy atom. The predicted octanol–water partition coefficient (Wildman–Crippen LogP) is 2.40. The summed E-state index contributed by atoms with van der Waals surface area (Å²) in [6.07, 6.45) is 5.38. The van der Waals surface area contributed by atoms with E-state index >= 15 is 0 Å². The van der Waals surface area contributed by atoms with E-state index in [1.165, 1.54) is 19.3 Å². The van der Waals surface area contributed by atoms with E-state index in [9.17, 15) is 4.79 Å². The second-order valence-electron chi connectivity index (χ2n) is 6.05. The second-order valence-corrected chi connectivity index (χ2v) is 6.57. The molecule has 0 spiro atoms. The van der Waals surface area contributed by atoms with Gasteiger partial charge in [-0.1, -0.05) is 0 Å². The number of aromatic nitrogens is 4. The van der Waals surface area contributed by atoms with E-state index in [2.05, 4.69) is 28.9 Å². The zero-order chi connectivity index (χ0) is 17.1. The Morgan fingerprint density at radius 1 is 1.12 bits per heavy atom. The van der Waals surface area contributed by atoms with Gasteiger partial charge in [0.25, 0.3) is 5.91 Å². The Morgan fingerprint density at radius 2 is 1.96 bits per heavy atom. The number of carbonyl (C=O) groups excluding carboxylic acids is 1. The van der Waals surface area contributed by atoms with Crippen LogP contribution in [0.2, 0.25) is 0 Å². The summed E-state index contributed by atoms with van der Waals surface area (Å²) in [7, 11) is 0. The van der Waals surface area contributed by atoms with Crippen LogP contribution in [0.1, 0.15) is 35.3 Å². The molecule has 0 unspecified atom stereocenters. The fourth-order valence-corrected chi connectivity index (χ4v) is 3.44. The summed E-state index contributed by atoms with van der Waals surface area (Å²) in [4.78, 5) is 23.5. The van der Waals surface area contributed by atoms with Crippen molar-refractivity contribution in [1.29, 1.82) is 0 Å². The molecular formula is C17H18N6OS. The fraction of sp³-hybridized carbons (Fsp3) is 0.353. The largest absolute Gasteiger partial charge is 0.346 e. The van der Waals surface area contributed by atoms with Gasteiger partial charge in [-0.25, -0.2) is 9.97 Å². The molecule has 2 aromatic heterocycles. The number of hydrogen-bond donors (Lipinski definition) is 1. The average Bonchev–Trinajstić information content (AvgIpc) is 3.15. The highest BCUT2D eigenvalue weighted by molar-refractivity contribution is 7.00. The average molecular weight is 354 g/mol. The van der Waals surface area contributed by atoms with E-state index < -0.39 is 0 Å². The van der Waals surface area contributed by atoms with Crippen LogP contribution in [-0.4, -0.2) is 37.7 Å². The third-order valence-corrected chi connectivity index (χ3v) is 4.84. The van der Waals surface area contributed by atoms with E-state index in [1.54, 1.807) is 18.3 Å². The molecule has 7 nitrogen and oxygen atoms in total. The Hall–Kier alpha value is -2.61. The minimum atomic E-state index is -0.145.